The molecule has 2 atom stereocenters. The highest BCUT2D eigenvalue weighted by molar-refractivity contribution is 9.10. The molecule has 0 spiro atoms. The van der Waals surface area contributed by atoms with Crippen LogP contribution in [0.25, 0.3) is 0 Å². The van der Waals surface area contributed by atoms with E-state index in [1.165, 1.54) is 29.3 Å². The maximum absolute atomic E-state index is 3.69. The van der Waals surface area contributed by atoms with Gasteiger partial charge in [0.05, 0.1) is 0 Å². The second-order valence-corrected chi connectivity index (χ2v) is 8.38. The van der Waals surface area contributed by atoms with Crippen LogP contribution in [0.15, 0.2) is 28.7 Å². The van der Waals surface area contributed by atoms with Gasteiger partial charge in [-0.2, -0.15) is 0 Å². The minimum Gasteiger partial charge on any atom is -0.312 e. The molecule has 120 valence electrons. The van der Waals surface area contributed by atoms with Gasteiger partial charge < -0.3 is 5.32 Å². The fourth-order valence-corrected chi connectivity index (χ4v) is 3.31. The molecule has 0 aliphatic heterocycles. The van der Waals surface area contributed by atoms with Crippen LogP contribution in [0.2, 0.25) is 0 Å². The summed E-state index contributed by atoms with van der Waals surface area (Å²) < 4.78 is 1.18. The van der Waals surface area contributed by atoms with Gasteiger partial charge in [0.1, 0.15) is 0 Å². The Kier molecular flexibility index (Phi) is 7.97. The third-order valence-electron chi connectivity index (χ3n) is 3.85. The summed E-state index contributed by atoms with van der Waals surface area (Å²) in [6, 6.07) is 8.75. The smallest absolute Gasteiger partial charge is 0.0177 e. The van der Waals surface area contributed by atoms with Gasteiger partial charge in [-0.15, -0.1) is 0 Å². The van der Waals surface area contributed by atoms with Crippen molar-refractivity contribution in [3.63, 3.8) is 0 Å². The molecule has 0 aliphatic rings. The molecule has 2 unspecified atom stereocenters. The molecule has 2 heteroatoms. The fourth-order valence-electron chi connectivity index (χ4n) is 2.87. The Morgan fingerprint density at radius 2 is 1.95 bits per heavy atom. The summed E-state index contributed by atoms with van der Waals surface area (Å²) in [5.41, 5.74) is 1.64. The van der Waals surface area contributed by atoms with Crippen LogP contribution < -0.4 is 5.32 Å². The van der Waals surface area contributed by atoms with E-state index in [1.54, 1.807) is 0 Å². The third kappa shape index (κ3) is 8.63. The Morgan fingerprint density at radius 3 is 2.52 bits per heavy atom. The highest BCUT2D eigenvalue weighted by Crippen LogP contribution is 2.22. The van der Waals surface area contributed by atoms with Crippen LogP contribution in [0.5, 0.6) is 0 Å². The summed E-state index contributed by atoms with van der Waals surface area (Å²) in [5, 5.41) is 3.69. The van der Waals surface area contributed by atoms with Gasteiger partial charge in [0.25, 0.3) is 0 Å². The topological polar surface area (TPSA) is 12.0 Å². The Morgan fingerprint density at radius 1 is 1.24 bits per heavy atom. The summed E-state index contributed by atoms with van der Waals surface area (Å²) in [6.07, 6.45) is 5.10. The maximum atomic E-state index is 3.69. The van der Waals surface area contributed by atoms with Crippen LogP contribution >= 0.6 is 15.9 Å². The van der Waals surface area contributed by atoms with Crippen molar-refractivity contribution < 1.29 is 0 Å². The Labute approximate surface area is 140 Å². The highest BCUT2D eigenvalue weighted by Gasteiger charge is 2.17. The van der Waals surface area contributed by atoms with Gasteiger partial charge >= 0.3 is 0 Å². The Hall–Kier alpha value is -0.340. The minimum absolute atomic E-state index is 0.198. The summed E-state index contributed by atoms with van der Waals surface area (Å²) in [6.45, 7) is 12.5. The van der Waals surface area contributed by atoms with Crippen LogP contribution in [-0.2, 0) is 6.42 Å². The predicted molar refractivity (Wildman–Crippen MR) is 97.8 cm³/mol. The van der Waals surface area contributed by atoms with E-state index in [-0.39, 0.29) is 5.54 Å². The van der Waals surface area contributed by atoms with Crippen LogP contribution in [0.1, 0.15) is 59.4 Å². The summed E-state index contributed by atoms with van der Waals surface area (Å²) in [4.78, 5) is 0. The first-order valence-electron chi connectivity index (χ1n) is 8.29. The molecule has 1 N–H and O–H groups in total. The van der Waals surface area contributed by atoms with Crippen LogP contribution in [0, 0.1) is 11.8 Å². The average molecular weight is 354 g/mol. The van der Waals surface area contributed by atoms with E-state index in [1.807, 2.05) is 0 Å². The zero-order chi connectivity index (χ0) is 15.9. The first-order chi connectivity index (χ1) is 9.80. The first kappa shape index (κ1) is 18.7. The summed E-state index contributed by atoms with van der Waals surface area (Å²) >= 11 is 3.58. The molecule has 0 bridgehead atoms. The lowest BCUT2D eigenvalue weighted by Crippen LogP contribution is -2.40. The lowest BCUT2D eigenvalue weighted by molar-refractivity contribution is 0.315. The lowest BCUT2D eigenvalue weighted by atomic mass is 9.87. The molecule has 1 aromatic rings. The predicted octanol–water partition coefficient (Wildman–Crippen LogP) is 5.82. The monoisotopic (exact) mass is 353 g/mol. The van der Waals surface area contributed by atoms with Gasteiger partial charge in [-0.25, -0.2) is 0 Å². The van der Waals surface area contributed by atoms with Gasteiger partial charge in [0, 0.05) is 10.0 Å². The largest absolute Gasteiger partial charge is 0.312 e. The van der Waals surface area contributed by atoms with Crippen molar-refractivity contribution in [1.82, 2.24) is 5.32 Å². The van der Waals surface area contributed by atoms with Crippen LogP contribution in [0.4, 0.5) is 0 Å². The second-order valence-electron chi connectivity index (χ2n) is 7.46. The maximum Gasteiger partial charge on any atom is 0.0177 e. The normalized spacial score (nSPS) is 15.0. The second kappa shape index (κ2) is 8.95. The molecule has 0 aliphatic carbocycles. The van der Waals surface area contributed by atoms with Crippen molar-refractivity contribution in [3.05, 3.63) is 34.3 Å². The molecule has 0 amide bonds. The molecule has 0 radical (unpaired) electrons. The molecule has 0 heterocycles. The van der Waals surface area contributed by atoms with E-state index in [0.29, 0.717) is 5.92 Å². The van der Waals surface area contributed by atoms with E-state index >= 15 is 0 Å². The fraction of sp³-hybridized carbons (Fsp3) is 0.684. The van der Waals surface area contributed by atoms with Crippen molar-refractivity contribution in [2.24, 2.45) is 11.8 Å². The molecule has 21 heavy (non-hydrogen) atoms. The van der Waals surface area contributed by atoms with Crippen molar-refractivity contribution in [2.45, 2.75) is 65.8 Å². The standard InChI is InChI=1S/C19H32BrN/c1-6-8-15(2)11-17(14-21-19(3,4)5)12-16-9-7-10-18(20)13-16/h7,9-10,13,15,17,21H,6,8,11-12,14H2,1-5H3. The van der Waals surface area contributed by atoms with Crippen molar-refractivity contribution in [1.29, 1.82) is 0 Å². The number of halogens is 1. The molecular weight excluding hydrogens is 322 g/mol. The molecule has 0 fully saturated rings. The first-order valence-corrected chi connectivity index (χ1v) is 9.09. The SMILES string of the molecule is CCCC(C)CC(CNC(C)(C)C)Cc1cccc(Br)c1. The molecule has 0 saturated carbocycles. The number of nitrogens with one attached hydrogen (secondary N) is 1. The van der Waals surface area contributed by atoms with Gasteiger partial charge in [0.2, 0.25) is 0 Å². The average Bonchev–Trinajstić information content (AvgIpc) is 2.35. The zero-order valence-corrected chi connectivity index (χ0v) is 16.0. The summed E-state index contributed by atoms with van der Waals surface area (Å²) in [5.74, 6) is 1.52. The molecule has 0 saturated heterocycles. The van der Waals surface area contributed by atoms with E-state index in [4.69, 9.17) is 0 Å². The number of rotatable bonds is 8. The third-order valence-corrected chi connectivity index (χ3v) is 4.34. The number of hydrogen-bond acceptors (Lipinski definition) is 1. The lowest BCUT2D eigenvalue weighted by Gasteiger charge is -2.27. The molecule has 0 aromatic heterocycles. The van der Waals surface area contributed by atoms with Gasteiger partial charge in [-0.3, -0.25) is 0 Å². The summed E-state index contributed by atoms with van der Waals surface area (Å²) in [7, 11) is 0. The number of benzene rings is 1. The molecule has 1 aromatic carbocycles. The minimum atomic E-state index is 0.198. The number of hydrogen-bond donors (Lipinski definition) is 1. The van der Waals surface area contributed by atoms with Gasteiger partial charge in [-0.1, -0.05) is 54.8 Å². The molecule has 1 rings (SSSR count). The van der Waals surface area contributed by atoms with Crippen LogP contribution in [0.3, 0.4) is 0 Å². The Balaban J connectivity index is 2.66. The van der Waals surface area contributed by atoms with E-state index in [0.717, 1.165) is 18.9 Å². The Bertz CT molecular complexity index is 408. The van der Waals surface area contributed by atoms with Gasteiger partial charge in [-0.05, 0) is 69.7 Å². The van der Waals surface area contributed by atoms with E-state index < -0.39 is 0 Å². The quantitative estimate of drug-likeness (QED) is 0.620. The van der Waals surface area contributed by atoms with Crippen LogP contribution in [-0.4, -0.2) is 12.1 Å². The highest BCUT2D eigenvalue weighted by atomic mass is 79.9. The molecule has 1 nitrogen and oxygen atoms in total. The van der Waals surface area contributed by atoms with E-state index in [9.17, 15) is 0 Å². The van der Waals surface area contributed by atoms with Crippen molar-refractivity contribution in [2.75, 3.05) is 6.54 Å². The van der Waals surface area contributed by atoms with Gasteiger partial charge in [0.15, 0.2) is 0 Å². The zero-order valence-electron chi connectivity index (χ0n) is 14.4. The van der Waals surface area contributed by atoms with Crippen molar-refractivity contribution in [3.8, 4) is 0 Å². The molecular formula is C19H32BrN. The van der Waals surface area contributed by atoms with E-state index in [2.05, 4.69) is 80.1 Å². The van der Waals surface area contributed by atoms with Crippen molar-refractivity contribution >= 4 is 15.9 Å².